The molecule has 4 heteroatoms. The molecule has 0 saturated heterocycles. The number of aryl methyl sites for hydroxylation is 1. The zero-order valence-electron chi connectivity index (χ0n) is 9.22. The lowest BCUT2D eigenvalue weighted by Crippen LogP contribution is -2.31. The lowest BCUT2D eigenvalue weighted by atomic mass is 10.2. The van der Waals surface area contributed by atoms with Gasteiger partial charge in [0.2, 0.25) is 5.91 Å². The Hall–Kier alpha value is -1.58. The molecule has 1 aromatic carbocycles. The van der Waals surface area contributed by atoms with Gasteiger partial charge in [0.25, 0.3) is 0 Å². The molecule has 2 N–H and O–H groups in total. The number of benzene rings is 1. The van der Waals surface area contributed by atoms with Crippen molar-refractivity contribution >= 4 is 11.6 Å². The molecule has 1 aliphatic carbocycles. The molecule has 0 spiro atoms. The summed E-state index contributed by atoms with van der Waals surface area (Å²) in [7, 11) is 0. The molecule has 1 amide bonds. The van der Waals surface area contributed by atoms with E-state index in [0.717, 1.165) is 18.4 Å². The van der Waals surface area contributed by atoms with Crippen LogP contribution in [0.1, 0.15) is 18.4 Å². The third-order valence-corrected chi connectivity index (χ3v) is 2.44. The van der Waals surface area contributed by atoms with E-state index >= 15 is 0 Å². The molecule has 1 saturated carbocycles. The van der Waals surface area contributed by atoms with Crippen LogP contribution in [0.2, 0.25) is 0 Å². The second-order valence-corrected chi connectivity index (χ2v) is 4.21. The highest BCUT2D eigenvalue weighted by Crippen LogP contribution is 2.18. The Kier molecular flexibility index (Phi) is 3.08. The first-order valence-electron chi connectivity index (χ1n) is 5.44. The molecule has 0 atom stereocenters. The van der Waals surface area contributed by atoms with Crippen molar-refractivity contribution in [2.45, 2.75) is 25.8 Å². The summed E-state index contributed by atoms with van der Waals surface area (Å²) in [6.07, 6.45) is 2.15. The highest BCUT2D eigenvalue weighted by molar-refractivity contribution is 5.81. The molecule has 2 rings (SSSR count). The van der Waals surface area contributed by atoms with Crippen LogP contribution in [0, 0.1) is 12.7 Å². The molecule has 1 aliphatic rings. The summed E-state index contributed by atoms with van der Waals surface area (Å²) in [6.45, 7) is 2.01. The van der Waals surface area contributed by atoms with Crippen molar-refractivity contribution in [1.82, 2.24) is 5.32 Å². The van der Waals surface area contributed by atoms with Gasteiger partial charge >= 0.3 is 0 Å². The molecule has 1 fully saturated rings. The average molecular weight is 222 g/mol. The van der Waals surface area contributed by atoms with Gasteiger partial charge in [-0.25, -0.2) is 4.39 Å². The first kappa shape index (κ1) is 10.9. The van der Waals surface area contributed by atoms with E-state index in [1.807, 2.05) is 13.0 Å². The zero-order chi connectivity index (χ0) is 11.5. The molecule has 0 aliphatic heterocycles. The summed E-state index contributed by atoms with van der Waals surface area (Å²) in [5.74, 6) is -0.325. The summed E-state index contributed by atoms with van der Waals surface area (Å²) >= 11 is 0. The lowest BCUT2D eigenvalue weighted by molar-refractivity contribution is -0.119. The van der Waals surface area contributed by atoms with Crippen molar-refractivity contribution in [2.75, 3.05) is 11.9 Å². The molecule has 1 aromatic rings. The predicted molar refractivity (Wildman–Crippen MR) is 60.8 cm³/mol. The van der Waals surface area contributed by atoms with Gasteiger partial charge in [0.1, 0.15) is 5.82 Å². The van der Waals surface area contributed by atoms with Crippen LogP contribution < -0.4 is 10.6 Å². The smallest absolute Gasteiger partial charge is 0.239 e. The fourth-order valence-corrected chi connectivity index (χ4v) is 1.53. The minimum absolute atomic E-state index is 0.0376. The molecule has 0 bridgehead atoms. The molecule has 0 unspecified atom stereocenters. The minimum atomic E-state index is -0.287. The predicted octanol–water partition coefficient (Wildman–Crippen LogP) is 1.82. The Morgan fingerprint density at radius 2 is 2.19 bits per heavy atom. The number of carbonyl (C=O) groups is 1. The van der Waals surface area contributed by atoms with Crippen LogP contribution in [0.25, 0.3) is 0 Å². The summed E-state index contributed by atoms with van der Waals surface area (Å²) in [5.41, 5.74) is 1.48. The maximum Gasteiger partial charge on any atom is 0.239 e. The zero-order valence-corrected chi connectivity index (χ0v) is 9.22. The van der Waals surface area contributed by atoms with Gasteiger partial charge in [0.05, 0.1) is 6.54 Å². The van der Waals surface area contributed by atoms with Crippen LogP contribution in [-0.2, 0) is 4.79 Å². The van der Waals surface area contributed by atoms with Crippen molar-refractivity contribution in [3.63, 3.8) is 0 Å². The second kappa shape index (κ2) is 4.51. The molecule has 0 radical (unpaired) electrons. The standard InChI is InChI=1S/C12H15FN2O/c1-8-4-9(13)6-11(5-8)14-7-12(16)15-10-2-3-10/h4-6,10,14H,2-3,7H2,1H3,(H,15,16). The molecule has 3 nitrogen and oxygen atoms in total. The van der Waals surface area contributed by atoms with Gasteiger partial charge in [-0.2, -0.15) is 0 Å². The van der Waals surface area contributed by atoms with Gasteiger partial charge in [0, 0.05) is 11.7 Å². The van der Waals surface area contributed by atoms with Crippen LogP contribution in [-0.4, -0.2) is 18.5 Å². The molecular formula is C12H15FN2O. The first-order chi connectivity index (χ1) is 7.63. The average Bonchev–Trinajstić information content (AvgIpc) is 2.97. The molecule has 0 heterocycles. The fraction of sp³-hybridized carbons (Fsp3) is 0.417. The van der Waals surface area contributed by atoms with Crippen LogP contribution in [0.15, 0.2) is 18.2 Å². The first-order valence-corrected chi connectivity index (χ1v) is 5.44. The van der Waals surface area contributed by atoms with E-state index in [0.29, 0.717) is 11.7 Å². The van der Waals surface area contributed by atoms with Crippen molar-refractivity contribution in [1.29, 1.82) is 0 Å². The number of hydrogen-bond acceptors (Lipinski definition) is 2. The summed E-state index contributed by atoms with van der Waals surface area (Å²) in [4.78, 5) is 11.4. The number of carbonyl (C=O) groups excluding carboxylic acids is 1. The number of anilines is 1. The van der Waals surface area contributed by atoms with E-state index in [1.165, 1.54) is 12.1 Å². The highest BCUT2D eigenvalue weighted by atomic mass is 19.1. The Morgan fingerprint density at radius 3 is 2.81 bits per heavy atom. The van der Waals surface area contributed by atoms with Gasteiger partial charge < -0.3 is 10.6 Å². The van der Waals surface area contributed by atoms with Crippen molar-refractivity contribution < 1.29 is 9.18 Å². The normalized spacial score (nSPS) is 14.6. The number of hydrogen-bond donors (Lipinski definition) is 2. The summed E-state index contributed by atoms with van der Waals surface area (Å²) in [5, 5.41) is 5.77. The highest BCUT2D eigenvalue weighted by Gasteiger charge is 2.22. The monoisotopic (exact) mass is 222 g/mol. The molecule has 16 heavy (non-hydrogen) atoms. The van der Waals surface area contributed by atoms with Crippen LogP contribution in [0.5, 0.6) is 0 Å². The van der Waals surface area contributed by atoms with E-state index in [1.54, 1.807) is 0 Å². The minimum Gasteiger partial charge on any atom is -0.376 e. The largest absolute Gasteiger partial charge is 0.376 e. The van der Waals surface area contributed by atoms with E-state index in [-0.39, 0.29) is 18.3 Å². The third kappa shape index (κ3) is 3.22. The van der Waals surface area contributed by atoms with Crippen LogP contribution in [0.3, 0.4) is 0 Å². The quantitative estimate of drug-likeness (QED) is 0.816. The third-order valence-electron chi connectivity index (χ3n) is 2.44. The van der Waals surface area contributed by atoms with E-state index < -0.39 is 0 Å². The number of rotatable bonds is 4. The SMILES string of the molecule is Cc1cc(F)cc(NCC(=O)NC2CC2)c1. The second-order valence-electron chi connectivity index (χ2n) is 4.21. The van der Waals surface area contributed by atoms with Crippen LogP contribution in [0.4, 0.5) is 10.1 Å². The Labute approximate surface area is 94.0 Å². The number of nitrogens with one attached hydrogen (secondary N) is 2. The van der Waals surface area contributed by atoms with Gasteiger partial charge in [0.15, 0.2) is 0 Å². The molecule has 86 valence electrons. The Bertz CT molecular complexity index is 382. The summed E-state index contributed by atoms with van der Waals surface area (Å²) in [6, 6.07) is 5.02. The topological polar surface area (TPSA) is 41.1 Å². The van der Waals surface area contributed by atoms with Gasteiger partial charge in [-0.05, 0) is 43.5 Å². The maximum atomic E-state index is 13.0. The lowest BCUT2D eigenvalue weighted by Gasteiger charge is -2.07. The Morgan fingerprint density at radius 1 is 1.44 bits per heavy atom. The number of halogens is 1. The maximum absolute atomic E-state index is 13.0. The van der Waals surface area contributed by atoms with Crippen molar-refractivity contribution in [3.8, 4) is 0 Å². The van der Waals surface area contributed by atoms with E-state index in [9.17, 15) is 9.18 Å². The van der Waals surface area contributed by atoms with Crippen molar-refractivity contribution in [2.24, 2.45) is 0 Å². The molecular weight excluding hydrogens is 207 g/mol. The van der Waals surface area contributed by atoms with Crippen LogP contribution >= 0.6 is 0 Å². The van der Waals surface area contributed by atoms with Gasteiger partial charge in [-0.1, -0.05) is 0 Å². The fourth-order valence-electron chi connectivity index (χ4n) is 1.53. The number of amides is 1. The van der Waals surface area contributed by atoms with Gasteiger partial charge in [-0.3, -0.25) is 4.79 Å². The van der Waals surface area contributed by atoms with E-state index in [2.05, 4.69) is 10.6 Å². The van der Waals surface area contributed by atoms with Gasteiger partial charge in [-0.15, -0.1) is 0 Å². The summed E-state index contributed by atoms with van der Waals surface area (Å²) < 4.78 is 13.0. The van der Waals surface area contributed by atoms with E-state index in [4.69, 9.17) is 0 Å². The Balaban J connectivity index is 1.85. The molecule has 0 aromatic heterocycles. The van der Waals surface area contributed by atoms with Crippen molar-refractivity contribution in [3.05, 3.63) is 29.6 Å².